The number of urea groups is 1. The molecule has 6 nitrogen and oxygen atoms in total. The molecule has 1 saturated heterocycles. The number of thioether (sulfide) groups is 1. The maximum atomic E-state index is 12.4. The number of nitrogens with zero attached hydrogens (tertiary/aromatic N) is 3. The van der Waals surface area contributed by atoms with E-state index in [1.165, 1.54) is 30.6 Å². The fraction of sp³-hybridized carbons (Fsp3) is 0.722. The van der Waals surface area contributed by atoms with Crippen LogP contribution in [0, 0.1) is 0 Å². The van der Waals surface area contributed by atoms with E-state index < -0.39 is 12.2 Å². The first-order valence-electron chi connectivity index (χ1n) is 9.26. The number of aliphatic imine (C=N–C) groups is 1. The first kappa shape index (κ1) is 19.8. The number of nitrogens with one attached hydrogen (secondary N) is 1. The summed E-state index contributed by atoms with van der Waals surface area (Å²) >= 11 is 1.63. The smallest absolute Gasteiger partial charge is 0.325 e. The van der Waals surface area contributed by atoms with Crippen molar-refractivity contribution in [2.75, 3.05) is 19.3 Å². The number of amides is 3. The summed E-state index contributed by atoms with van der Waals surface area (Å²) in [5.41, 5.74) is 0. The molecule has 2 aliphatic heterocycles. The molecule has 2 unspecified atom stereocenters. The number of imide groups is 1. The molecule has 0 aliphatic carbocycles. The van der Waals surface area contributed by atoms with Gasteiger partial charge in [-0.3, -0.25) is 10.1 Å². The number of rotatable bonds is 9. The van der Waals surface area contributed by atoms with Gasteiger partial charge in [0.2, 0.25) is 0 Å². The minimum Gasteiger partial charge on any atom is -0.336 e. The third-order valence-electron chi connectivity index (χ3n) is 4.62. The van der Waals surface area contributed by atoms with Crippen molar-refractivity contribution in [1.82, 2.24) is 15.1 Å². The zero-order valence-electron chi connectivity index (χ0n) is 15.5. The molecule has 3 amide bonds. The van der Waals surface area contributed by atoms with E-state index in [1.807, 2.05) is 13.0 Å². The Balaban J connectivity index is 2.00. The number of hydrogen-bond donors (Lipinski definition) is 1. The highest BCUT2D eigenvalue weighted by molar-refractivity contribution is 8.13. The zero-order chi connectivity index (χ0) is 18.2. The highest BCUT2D eigenvalue weighted by atomic mass is 32.2. The minimum atomic E-state index is -0.408. The van der Waals surface area contributed by atoms with E-state index in [1.54, 1.807) is 18.8 Å². The SMILES string of the molecule is C/C=C/CSC1=NC2C(C(=O)NC(=O)N2C)N1CCCCCCCC. The molecule has 0 aromatic rings. The van der Waals surface area contributed by atoms with Crippen molar-refractivity contribution in [2.24, 2.45) is 4.99 Å². The molecule has 2 heterocycles. The lowest BCUT2D eigenvalue weighted by molar-refractivity contribution is -0.127. The van der Waals surface area contributed by atoms with Crippen molar-refractivity contribution >= 4 is 28.9 Å². The van der Waals surface area contributed by atoms with Crippen LogP contribution in [0.1, 0.15) is 52.4 Å². The number of carbonyl (C=O) groups excluding carboxylic acids is 2. The Kier molecular flexibility index (Phi) is 7.81. The van der Waals surface area contributed by atoms with E-state index in [9.17, 15) is 9.59 Å². The van der Waals surface area contributed by atoms with Gasteiger partial charge in [-0.1, -0.05) is 62.9 Å². The van der Waals surface area contributed by atoms with Crippen molar-refractivity contribution in [3.8, 4) is 0 Å². The molecule has 2 aliphatic rings. The fourth-order valence-corrected chi connectivity index (χ4v) is 4.13. The summed E-state index contributed by atoms with van der Waals surface area (Å²) < 4.78 is 0. The van der Waals surface area contributed by atoms with E-state index in [4.69, 9.17) is 0 Å². The largest absolute Gasteiger partial charge is 0.336 e. The molecular formula is C18H30N4O2S. The third-order valence-corrected chi connectivity index (χ3v) is 5.58. The Bertz CT molecular complexity index is 535. The van der Waals surface area contributed by atoms with Crippen LogP contribution in [0.3, 0.4) is 0 Å². The first-order valence-corrected chi connectivity index (χ1v) is 10.2. The summed E-state index contributed by atoms with van der Waals surface area (Å²) in [5.74, 6) is 0.589. The number of likely N-dealkylation sites (N-methyl/N-ethyl adjacent to an activating group) is 1. The third kappa shape index (κ3) is 5.00. The number of allylic oxidation sites excluding steroid dienone is 1. The summed E-state index contributed by atoms with van der Waals surface area (Å²) in [6.07, 6.45) is 10.9. The molecule has 0 aromatic carbocycles. The Labute approximate surface area is 155 Å². The highest BCUT2D eigenvalue weighted by Gasteiger charge is 2.48. The van der Waals surface area contributed by atoms with Crippen LogP contribution in [0.2, 0.25) is 0 Å². The van der Waals surface area contributed by atoms with Gasteiger partial charge in [-0.2, -0.15) is 0 Å². The summed E-state index contributed by atoms with van der Waals surface area (Å²) in [5, 5.41) is 3.32. The van der Waals surface area contributed by atoms with Crippen molar-refractivity contribution in [1.29, 1.82) is 0 Å². The maximum absolute atomic E-state index is 12.4. The van der Waals surface area contributed by atoms with Gasteiger partial charge in [0.1, 0.15) is 0 Å². The summed E-state index contributed by atoms with van der Waals surface area (Å²) in [7, 11) is 1.70. The minimum absolute atomic E-state index is 0.232. The second-order valence-electron chi connectivity index (χ2n) is 6.52. The summed E-state index contributed by atoms with van der Waals surface area (Å²) in [4.78, 5) is 32.6. The maximum Gasteiger partial charge on any atom is 0.325 e. The van der Waals surface area contributed by atoms with Gasteiger partial charge in [-0.15, -0.1) is 0 Å². The molecular weight excluding hydrogens is 336 g/mol. The van der Waals surface area contributed by atoms with Crippen LogP contribution in [-0.2, 0) is 4.79 Å². The Morgan fingerprint density at radius 1 is 1.20 bits per heavy atom. The van der Waals surface area contributed by atoms with Crippen molar-refractivity contribution in [3.63, 3.8) is 0 Å². The van der Waals surface area contributed by atoms with E-state index >= 15 is 0 Å². The normalized spacial score (nSPS) is 23.2. The van der Waals surface area contributed by atoms with E-state index in [0.29, 0.717) is 0 Å². The van der Waals surface area contributed by atoms with Crippen molar-refractivity contribution in [2.45, 2.75) is 64.6 Å². The van der Waals surface area contributed by atoms with Crippen LogP contribution in [0.25, 0.3) is 0 Å². The van der Waals surface area contributed by atoms with Gasteiger partial charge in [0.25, 0.3) is 5.91 Å². The first-order chi connectivity index (χ1) is 12.1. The van der Waals surface area contributed by atoms with Gasteiger partial charge in [0.15, 0.2) is 17.4 Å². The molecule has 1 N–H and O–H groups in total. The number of amidine groups is 1. The van der Waals surface area contributed by atoms with Gasteiger partial charge in [-0.05, 0) is 13.3 Å². The summed E-state index contributed by atoms with van der Waals surface area (Å²) in [6, 6.07) is -0.763. The van der Waals surface area contributed by atoms with Crippen LogP contribution in [0.4, 0.5) is 4.79 Å². The van der Waals surface area contributed by atoms with Gasteiger partial charge in [0.05, 0.1) is 0 Å². The van der Waals surface area contributed by atoms with Crippen LogP contribution in [0.15, 0.2) is 17.1 Å². The van der Waals surface area contributed by atoms with E-state index in [-0.39, 0.29) is 11.9 Å². The van der Waals surface area contributed by atoms with Crippen LogP contribution >= 0.6 is 11.8 Å². The van der Waals surface area contributed by atoms with E-state index in [2.05, 4.69) is 28.2 Å². The number of hydrogen-bond acceptors (Lipinski definition) is 5. The molecule has 0 saturated carbocycles. The molecule has 2 rings (SSSR count). The second kappa shape index (κ2) is 9.85. The predicted molar refractivity (Wildman–Crippen MR) is 104 cm³/mol. The van der Waals surface area contributed by atoms with Crippen LogP contribution < -0.4 is 5.32 Å². The van der Waals surface area contributed by atoms with Gasteiger partial charge in [0, 0.05) is 19.3 Å². The lowest BCUT2D eigenvalue weighted by atomic mass is 10.1. The average molecular weight is 367 g/mol. The van der Waals surface area contributed by atoms with Crippen molar-refractivity contribution in [3.05, 3.63) is 12.2 Å². The molecule has 2 atom stereocenters. The Hall–Kier alpha value is -1.50. The Morgan fingerprint density at radius 3 is 2.64 bits per heavy atom. The standard InChI is InChI=1S/C18H30N4O2S/c1-4-6-8-9-10-11-12-22-14-15(19-18(22)25-13-7-5-2)21(3)17(24)20-16(14)23/h5,7,14-15H,4,6,8-13H2,1-3H3,(H,20,23,24)/b7-5+. The molecule has 0 radical (unpaired) electrons. The zero-order valence-corrected chi connectivity index (χ0v) is 16.3. The number of unbranched alkanes of at least 4 members (excludes halogenated alkanes) is 5. The van der Waals surface area contributed by atoms with Gasteiger partial charge < -0.3 is 9.80 Å². The van der Waals surface area contributed by atoms with Gasteiger partial charge >= 0.3 is 6.03 Å². The van der Waals surface area contributed by atoms with E-state index in [0.717, 1.165) is 30.3 Å². The van der Waals surface area contributed by atoms with Crippen LogP contribution in [0.5, 0.6) is 0 Å². The van der Waals surface area contributed by atoms with Gasteiger partial charge in [-0.25, -0.2) is 9.79 Å². The molecule has 0 aromatic heterocycles. The quantitative estimate of drug-likeness (QED) is 0.503. The second-order valence-corrected chi connectivity index (χ2v) is 7.50. The molecule has 0 spiro atoms. The summed E-state index contributed by atoms with van der Waals surface area (Å²) in [6.45, 7) is 5.02. The lowest BCUT2D eigenvalue weighted by Crippen LogP contribution is -2.63. The Morgan fingerprint density at radius 2 is 1.92 bits per heavy atom. The lowest BCUT2D eigenvalue weighted by Gasteiger charge is -2.36. The van der Waals surface area contributed by atoms with Crippen molar-refractivity contribution < 1.29 is 9.59 Å². The molecule has 1 fully saturated rings. The molecule has 25 heavy (non-hydrogen) atoms. The monoisotopic (exact) mass is 366 g/mol. The topological polar surface area (TPSA) is 65.0 Å². The van der Waals surface area contributed by atoms with Crippen LogP contribution in [-0.4, -0.2) is 58.5 Å². The number of carbonyl (C=O) groups is 2. The average Bonchev–Trinajstić information content (AvgIpc) is 2.95. The fourth-order valence-electron chi connectivity index (χ4n) is 3.14. The molecule has 7 heteroatoms. The highest BCUT2D eigenvalue weighted by Crippen LogP contribution is 2.29. The molecule has 0 bridgehead atoms. The predicted octanol–water partition coefficient (Wildman–Crippen LogP) is 3.20. The molecule has 140 valence electrons. The number of fused-ring (bicyclic) bond motifs is 1.